The van der Waals surface area contributed by atoms with Gasteiger partial charge >= 0.3 is 0 Å². The van der Waals surface area contributed by atoms with Crippen molar-refractivity contribution in [2.75, 3.05) is 17.1 Å². The molecule has 10 heteroatoms. The molecule has 1 aliphatic carbocycles. The zero-order valence-corrected chi connectivity index (χ0v) is 24.8. The topological polar surface area (TPSA) is 86.8 Å². The highest BCUT2D eigenvalue weighted by atomic mass is 35.5. The Kier molecular flexibility index (Phi) is 10.0. The summed E-state index contributed by atoms with van der Waals surface area (Å²) >= 11 is 5.95. The number of amides is 2. The highest BCUT2D eigenvalue weighted by Gasteiger charge is 2.34. The van der Waals surface area contributed by atoms with Crippen molar-refractivity contribution in [3.05, 3.63) is 100 Å². The van der Waals surface area contributed by atoms with E-state index < -0.39 is 34.3 Å². The smallest absolute Gasteiger partial charge is 0.244 e. The van der Waals surface area contributed by atoms with Crippen molar-refractivity contribution in [2.45, 2.75) is 57.7 Å². The third-order valence-electron chi connectivity index (χ3n) is 7.32. The first kappa shape index (κ1) is 30.5. The predicted octanol–water partition coefficient (Wildman–Crippen LogP) is 5.25. The van der Waals surface area contributed by atoms with Crippen LogP contribution in [0.2, 0.25) is 5.02 Å². The molecule has 1 fully saturated rings. The van der Waals surface area contributed by atoms with E-state index in [9.17, 15) is 22.4 Å². The van der Waals surface area contributed by atoms with Crippen molar-refractivity contribution >= 4 is 39.1 Å². The zero-order valence-electron chi connectivity index (χ0n) is 23.2. The number of hydrogen-bond donors (Lipinski definition) is 1. The Morgan fingerprint density at radius 3 is 2.27 bits per heavy atom. The van der Waals surface area contributed by atoms with E-state index in [0.29, 0.717) is 0 Å². The quantitative estimate of drug-likeness (QED) is 0.326. The number of carbonyl (C=O) groups is 2. The van der Waals surface area contributed by atoms with Crippen LogP contribution in [0.4, 0.5) is 10.1 Å². The van der Waals surface area contributed by atoms with E-state index in [4.69, 9.17) is 11.6 Å². The maximum Gasteiger partial charge on any atom is 0.244 e. The summed E-state index contributed by atoms with van der Waals surface area (Å²) in [5.41, 5.74) is 2.76. The van der Waals surface area contributed by atoms with Gasteiger partial charge in [-0.25, -0.2) is 12.8 Å². The lowest BCUT2D eigenvalue weighted by molar-refractivity contribution is -0.140. The molecule has 4 rings (SSSR count). The predicted molar refractivity (Wildman–Crippen MR) is 160 cm³/mol. The van der Waals surface area contributed by atoms with Crippen LogP contribution in [0.15, 0.2) is 72.8 Å². The number of benzene rings is 3. The summed E-state index contributed by atoms with van der Waals surface area (Å²) in [5, 5.41) is 2.87. The van der Waals surface area contributed by atoms with E-state index in [2.05, 4.69) is 5.32 Å². The Labute approximate surface area is 246 Å². The van der Waals surface area contributed by atoms with Gasteiger partial charge in [-0.2, -0.15) is 0 Å². The zero-order chi connectivity index (χ0) is 29.6. The van der Waals surface area contributed by atoms with Crippen LogP contribution in [0.3, 0.4) is 0 Å². The maximum atomic E-state index is 14.1. The summed E-state index contributed by atoms with van der Waals surface area (Å²) in [6.45, 7) is 1.46. The molecule has 0 heterocycles. The lowest BCUT2D eigenvalue weighted by atomic mass is 10.0. The van der Waals surface area contributed by atoms with Crippen molar-refractivity contribution < 1.29 is 22.4 Å². The fourth-order valence-electron chi connectivity index (χ4n) is 5.07. The Morgan fingerprint density at radius 1 is 1.00 bits per heavy atom. The molecule has 1 atom stereocenters. The normalized spacial score (nSPS) is 14.4. The van der Waals surface area contributed by atoms with Crippen LogP contribution in [0.5, 0.6) is 0 Å². The van der Waals surface area contributed by atoms with Crippen molar-refractivity contribution in [3.8, 4) is 0 Å². The number of sulfonamides is 1. The third kappa shape index (κ3) is 8.30. The number of halogens is 2. The fourth-order valence-corrected chi connectivity index (χ4v) is 6.08. The standard InChI is InChI=1S/C31H35ClFN3O4S/c1-22-12-14-24(15-13-22)20-35(30(37)21-36(41(2,39)40)26-16-17-28(33)27(32)19-26)29(18-23-8-4-3-5-9-23)31(38)34-25-10-6-7-11-25/h3-5,8-9,12-17,19,25,29H,6-7,10-11,18,20-21H2,1-2H3,(H,34,38)/t29-/m1/s1. The van der Waals surface area contributed by atoms with Gasteiger partial charge in [-0.05, 0) is 49.1 Å². The van der Waals surface area contributed by atoms with Gasteiger partial charge in [-0.3, -0.25) is 13.9 Å². The van der Waals surface area contributed by atoms with Crippen LogP contribution in [-0.2, 0) is 32.6 Å². The van der Waals surface area contributed by atoms with Gasteiger partial charge in [0.25, 0.3) is 0 Å². The summed E-state index contributed by atoms with van der Waals surface area (Å²) in [5.74, 6) is -1.56. The van der Waals surface area contributed by atoms with Crippen molar-refractivity contribution in [1.29, 1.82) is 0 Å². The minimum atomic E-state index is -3.97. The van der Waals surface area contributed by atoms with E-state index in [1.807, 2.05) is 61.5 Å². The van der Waals surface area contributed by atoms with E-state index in [0.717, 1.165) is 59.0 Å². The second kappa shape index (κ2) is 13.5. The monoisotopic (exact) mass is 599 g/mol. The molecule has 1 N–H and O–H groups in total. The lowest BCUT2D eigenvalue weighted by Crippen LogP contribution is -2.54. The molecule has 0 saturated heterocycles. The van der Waals surface area contributed by atoms with Gasteiger partial charge in [0.15, 0.2) is 0 Å². The molecule has 1 aliphatic rings. The van der Waals surface area contributed by atoms with E-state index >= 15 is 0 Å². The third-order valence-corrected chi connectivity index (χ3v) is 8.75. The van der Waals surface area contributed by atoms with Crippen LogP contribution < -0.4 is 9.62 Å². The van der Waals surface area contributed by atoms with Crippen LogP contribution in [0, 0.1) is 12.7 Å². The Morgan fingerprint density at radius 2 is 1.66 bits per heavy atom. The first-order valence-corrected chi connectivity index (χ1v) is 15.9. The van der Waals surface area contributed by atoms with Crippen molar-refractivity contribution in [2.24, 2.45) is 0 Å². The van der Waals surface area contributed by atoms with Crippen molar-refractivity contribution in [1.82, 2.24) is 10.2 Å². The highest BCUT2D eigenvalue weighted by Crippen LogP contribution is 2.26. The molecule has 0 aliphatic heterocycles. The molecule has 0 bridgehead atoms. The summed E-state index contributed by atoms with van der Waals surface area (Å²) in [4.78, 5) is 29.4. The number of anilines is 1. The van der Waals surface area contributed by atoms with E-state index in [1.54, 1.807) is 0 Å². The van der Waals surface area contributed by atoms with Gasteiger partial charge in [0.05, 0.1) is 17.0 Å². The van der Waals surface area contributed by atoms with Gasteiger partial charge in [-0.1, -0.05) is 84.6 Å². The first-order valence-electron chi connectivity index (χ1n) is 13.6. The summed E-state index contributed by atoms with van der Waals surface area (Å²) in [7, 11) is -3.97. The van der Waals surface area contributed by atoms with Crippen LogP contribution in [0.25, 0.3) is 0 Å². The molecule has 0 radical (unpaired) electrons. The number of carbonyl (C=O) groups excluding carboxylic acids is 2. The van der Waals surface area contributed by atoms with Gasteiger partial charge in [-0.15, -0.1) is 0 Å². The highest BCUT2D eigenvalue weighted by molar-refractivity contribution is 7.92. The summed E-state index contributed by atoms with van der Waals surface area (Å²) in [6.07, 6.45) is 5.04. The molecule has 1 saturated carbocycles. The molecule has 2 amide bonds. The number of hydrogen-bond acceptors (Lipinski definition) is 4. The van der Waals surface area contributed by atoms with Crippen LogP contribution in [0.1, 0.15) is 42.4 Å². The molecule has 3 aromatic carbocycles. The molecular weight excluding hydrogens is 565 g/mol. The second-order valence-corrected chi connectivity index (χ2v) is 12.9. The molecule has 0 aromatic heterocycles. The van der Waals surface area contributed by atoms with Crippen LogP contribution in [-0.4, -0.2) is 50.0 Å². The van der Waals surface area contributed by atoms with Crippen molar-refractivity contribution in [3.63, 3.8) is 0 Å². The lowest BCUT2D eigenvalue weighted by Gasteiger charge is -2.34. The molecular formula is C31H35ClFN3O4S. The largest absolute Gasteiger partial charge is 0.352 e. The number of aryl methyl sites for hydroxylation is 1. The molecule has 7 nitrogen and oxygen atoms in total. The Bertz CT molecular complexity index is 1460. The number of nitrogens with zero attached hydrogens (tertiary/aromatic N) is 2. The van der Waals surface area contributed by atoms with Gasteiger partial charge in [0.2, 0.25) is 21.8 Å². The van der Waals surface area contributed by atoms with Gasteiger partial charge in [0.1, 0.15) is 18.4 Å². The first-order chi connectivity index (χ1) is 19.5. The average Bonchev–Trinajstić information content (AvgIpc) is 3.45. The summed E-state index contributed by atoms with van der Waals surface area (Å²) < 4.78 is 40.4. The maximum absolute atomic E-state index is 14.1. The van der Waals surface area contributed by atoms with E-state index in [1.165, 1.54) is 17.0 Å². The minimum absolute atomic E-state index is 0.0333. The molecule has 3 aromatic rings. The van der Waals surface area contributed by atoms with E-state index in [-0.39, 0.29) is 35.6 Å². The van der Waals surface area contributed by atoms with Crippen LogP contribution >= 0.6 is 11.6 Å². The minimum Gasteiger partial charge on any atom is -0.352 e. The molecule has 0 spiro atoms. The summed E-state index contributed by atoms with van der Waals surface area (Å²) in [6, 6.07) is 19.7. The number of rotatable bonds is 11. The molecule has 0 unspecified atom stereocenters. The van der Waals surface area contributed by atoms with Gasteiger partial charge in [0, 0.05) is 19.0 Å². The second-order valence-electron chi connectivity index (χ2n) is 10.6. The molecule has 41 heavy (non-hydrogen) atoms. The average molecular weight is 600 g/mol. The number of nitrogens with one attached hydrogen (secondary N) is 1. The molecule has 218 valence electrons. The Balaban J connectivity index is 1.72. The SMILES string of the molecule is Cc1ccc(CN(C(=O)CN(c2ccc(F)c(Cl)c2)S(C)(=O)=O)[C@H](Cc2ccccc2)C(=O)NC2CCCC2)cc1. The Hall–Kier alpha value is -3.43. The fraction of sp³-hybridized carbons (Fsp3) is 0.355. The van der Waals surface area contributed by atoms with Gasteiger partial charge < -0.3 is 10.2 Å².